The van der Waals surface area contributed by atoms with Crippen LogP contribution in [0, 0.1) is 0 Å². The molecule has 204 valence electrons. The number of hydrogen-bond acceptors (Lipinski definition) is 8. The van der Waals surface area contributed by atoms with E-state index in [1.807, 2.05) is 32.0 Å². The maximum Gasteiger partial charge on any atom is 0.246 e. The van der Waals surface area contributed by atoms with Crippen LogP contribution in [-0.4, -0.2) is 79.0 Å². The molecule has 9 heteroatoms. The highest BCUT2D eigenvalue weighted by Crippen LogP contribution is 2.36. The molecule has 2 aliphatic heterocycles. The number of anilines is 2. The second-order valence-corrected chi connectivity index (χ2v) is 9.60. The summed E-state index contributed by atoms with van der Waals surface area (Å²) in [7, 11) is 0. The Hall–Kier alpha value is -3.98. The molecule has 0 bridgehead atoms. The molecule has 3 aromatic rings. The number of benzodiazepines with no additional fused rings is 1. The Labute approximate surface area is 229 Å². The van der Waals surface area contributed by atoms with Crippen molar-refractivity contribution in [1.82, 2.24) is 14.9 Å². The molecule has 1 aromatic heterocycles. The van der Waals surface area contributed by atoms with E-state index >= 15 is 0 Å². The first-order valence-electron chi connectivity index (χ1n) is 13.8. The quantitative estimate of drug-likeness (QED) is 0.428. The van der Waals surface area contributed by atoms with Gasteiger partial charge in [0.2, 0.25) is 11.9 Å². The van der Waals surface area contributed by atoms with Crippen LogP contribution in [0.1, 0.15) is 37.0 Å². The van der Waals surface area contributed by atoms with Gasteiger partial charge in [0, 0.05) is 55.8 Å². The zero-order chi connectivity index (χ0) is 27.0. The molecule has 1 amide bonds. The van der Waals surface area contributed by atoms with Crippen molar-refractivity contribution in [3.05, 3.63) is 71.5 Å². The van der Waals surface area contributed by atoms with E-state index in [0.29, 0.717) is 30.4 Å². The van der Waals surface area contributed by atoms with Crippen LogP contribution in [0.25, 0.3) is 0 Å². The van der Waals surface area contributed by atoms with Crippen LogP contribution in [0.4, 0.5) is 11.6 Å². The lowest BCUT2D eigenvalue weighted by Crippen LogP contribution is -2.47. The van der Waals surface area contributed by atoms with Crippen LogP contribution >= 0.6 is 0 Å². The molecule has 2 aromatic carbocycles. The van der Waals surface area contributed by atoms with Gasteiger partial charge >= 0.3 is 0 Å². The number of rotatable bonds is 10. The SMILES string of the molecule is CCOc1cc2c(cc1OCC)C(c1ccc(CCCN3CCN(c4ncccn4)CC3)cc1)=NCC(=O)N2. The van der Waals surface area contributed by atoms with E-state index in [2.05, 4.69) is 54.3 Å². The molecule has 0 saturated carbocycles. The highest BCUT2D eigenvalue weighted by atomic mass is 16.5. The van der Waals surface area contributed by atoms with Crippen molar-refractivity contribution < 1.29 is 14.3 Å². The van der Waals surface area contributed by atoms with Gasteiger partial charge < -0.3 is 19.7 Å². The first-order chi connectivity index (χ1) is 19.1. The molecule has 1 saturated heterocycles. The molecule has 0 spiro atoms. The molecule has 0 unspecified atom stereocenters. The number of amides is 1. The highest BCUT2D eigenvalue weighted by Gasteiger charge is 2.22. The van der Waals surface area contributed by atoms with Gasteiger partial charge in [-0.05, 0) is 50.9 Å². The second kappa shape index (κ2) is 12.7. The maximum atomic E-state index is 12.4. The van der Waals surface area contributed by atoms with Crippen LogP contribution < -0.4 is 19.7 Å². The van der Waals surface area contributed by atoms with E-state index in [1.165, 1.54) is 5.56 Å². The molecule has 0 aliphatic carbocycles. The van der Waals surface area contributed by atoms with Crippen molar-refractivity contribution in [2.45, 2.75) is 26.7 Å². The Morgan fingerprint density at radius 2 is 1.62 bits per heavy atom. The number of piperazine rings is 1. The number of aryl methyl sites for hydroxylation is 1. The molecule has 0 atom stereocenters. The van der Waals surface area contributed by atoms with E-state index in [1.54, 1.807) is 12.4 Å². The van der Waals surface area contributed by atoms with Crippen LogP contribution in [-0.2, 0) is 11.2 Å². The summed E-state index contributed by atoms with van der Waals surface area (Å²) in [5.41, 5.74) is 4.56. The smallest absolute Gasteiger partial charge is 0.246 e. The van der Waals surface area contributed by atoms with Gasteiger partial charge in [-0.15, -0.1) is 0 Å². The lowest BCUT2D eigenvalue weighted by atomic mass is 9.98. The Morgan fingerprint density at radius 1 is 0.923 bits per heavy atom. The van der Waals surface area contributed by atoms with Crippen molar-refractivity contribution in [2.24, 2.45) is 4.99 Å². The molecule has 2 aliphatic rings. The summed E-state index contributed by atoms with van der Waals surface area (Å²) in [6.07, 6.45) is 5.71. The fourth-order valence-electron chi connectivity index (χ4n) is 5.03. The number of nitrogens with zero attached hydrogens (tertiary/aromatic N) is 5. The minimum absolute atomic E-state index is 0.0728. The fraction of sp³-hybridized carbons (Fsp3) is 0.400. The number of aromatic nitrogens is 2. The average molecular weight is 529 g/mol. The number of hydrogen-bond donors (Lipinski definition) is 1. The second-order valence-electron chi connectivity index (χ2n) is 9.60. The lowest BCUT2D eigenvalue weighted by molar-refractivity contribution is -0.114. The molecule has 0 radical (unpaired) electrons. The van der Waals surface area contributed by atoms with Gasteiger partial charge in [-0.2, -0.15) is 0 Å². The summed E-state index contributed by atoms with van der Waals surface area (Å²) < 4.78 is 11.6. The van der Waals surface area contributed by atoms with Gasteiger partial charge in [0.05, 0.1) is 24.6 Å². The summed E-state index contributed by atoms with van der Waals surface area (Å²) in [6.45, 7) is 10.00. The Kier molecular flexibility index (Phi) is 8.68. The average Bonchev–Trinajstić information content (AvgIpc) is 3.12. The van der Waals surface area contributed by atoms with Crippen LogP contribution in [0.2, 0.25) is 0 Å². The topological polar surface area (TPSA) is 92.2 Å². The van der Waals surface area contributed by atoms with Crippen molar-refractivity contribution >= 4 is 23.3 Å². The third kappa shape index (κ3) is 6.54. The number of ether oxygens (including phenoxy) is 2. The molecule has 9 nitrogen and oxygen atoms in total. The first-order valence-corrected chi connectivity index (χ1v) is 13.8. The number of benzene rings is 2. The van der Waals surface area contributed by atoms with Crippen molar-refractivity contribution in [3.63, 3.8) is 0 Å². The Balaban J connectivity index is 1.21. The fourth-order valence-corrected chi connectivity index (χ4v) is 5.03. The number of nitrogens with one attached hydrogen (secondary N) is 1. The van der Waals surface area contributed by atoms with Gasteiger partial charge in [-0.1, -0.05) is 24.3 Å². The molecule has 3 heterocycles. The normalized spacial score (nSPS) is 15.7. The van der Waals surface area contributed by atoms with E-state index in [4.69, 9.17) is 9.47 Å². The largest absolute Gasteiger partial charge is 0.490 e. The van der Waals surface area contributed by atoms with Gasteiger partial charge in [-0.25, -0.2) is 9.97 Å². The van der Waals surface area contributed by atoms with Crippen LogP contribution in [0.15, 0.2) is 59.9 Å². The molecule has 1 N–H and O–H groups in total. The van der Waals surface area contributed by atoms with Crippen LogP contribution in [0.5, 0.6) is 11.5 Å². The summed E-state index contributed by atoms with van der Waals surface area (Å²) in [5.74, 6) is 1.94. The zero-order valence-corrected chi connectivity index (χ0v) is 22.7. The molecule has 5 rings (SSSR count). The van der Waals surface area contributed by atoms with Gasteiger partial charge in [0.15, 0.2) is 11.5 Å². The maximum absolute atomic E-state index is 12.4. The third-order valence-corrected chi connectivity index (χ3v) is 6.97. The third-order valence-electron chi connectivity index (χ3n) is 6.97. The first kappa shape index (κ1) is 26.6. The Bertz CT molecular complexity index is 1290. The molecule has 1 fully saturated rings. The minimum atomic E-state index is -0.147. The van der Waals surface area contributed by atoms with E-state index in [9.17, 15) is 4.79 Å². The molecule has 39 heavy (non-hydrogen) atoms. The van der Waals surface area contributed by atoms with Crippen molar-refractivity contribution in [1.29, 1.82) is 0 Å². The van der Waals surface area contributed by atoms with E-state index in [0.717, 1.165) is 68.4 Å². The monoisotopic (exact) mass is 528 g/mol. The molecular weight excluding hydrogens is 492 g/mol. The zero-order valence-electron chi connectivity index (χ0n) is 22.7. The van der Waals surface area contributed by atoms with Gasteiger partial charge in [0.1, 0.15) is 6.54 Å². The predicted octanol–water partition coefficient (Wildman–Crippen LogP) is 3.82. The van der Waals surface area contributed by atoms with E-state index in [-0.39, 0.29) is 12.5 Å². The number of fused-ring (bicyclic) bond motifs is 1. The number of carbonyl (C=O) groups excluding carboxylic acids is 1. The lowest BCUT2D eigenvalue weighted by Gasteiger charge is -2.34. The summed E-state index contributed by atoms with van der Waals surface area (Å²) in [6, 6.07) is 14.1. The Morgan fingerprint density at radius 3 is 2.31 bits per heavy atom. The number of aliphatic imine (C=N–C) groups is 1. The molecular formula is C30H36N6O3. The summed E-state index contributed by atoms with van der Waals surface area (Å²) >= 11 is 0. The van der Waals surface area contributed by atoms with E-state index < -0.39 is 0 Å². The predicted molar refractivity (Wildman–Crippen MR) is 153 cm³/mol. The van der Waals surface area contributed by atoms with Gasteiger partial charge in [-0.3, -0.25) is 14.7 Å². The summed E-state index contributed by atoms with van der Waals surface area (Å²) in [5, 5.41) is 2.97. The van der Waals surface area contributed by atoms with Crippen LogP contribution in [0.3, 0.4) is 0 Å². The standard InChI is InChI=1S/C30H36N6O3/c1-3-38-26-19-24-25(20-27(26)39-4-2)34-28(37)21-33-29(24)23-10-8-22(9-11-23)7-5-14-35-15-17-36(18-16-35)30-31-12-6-13-32-30/h6,8-13,19-20H,3-5,7,14-18,21H2,1-2H3,(H,34,37). The number of carbonyl (C=O) groups is 1. The highest BCUT2D eigenvalue weighted by molar-refractivity contribution is 6.19. The van der Waals surface area contributed by atoms with Crippen molar-refractivity contribution in [3.8, 4) is 11.5 Å². The van der Waals surface area contributed by atoms with Gasteiger partial charge in [0.25, 0.3) is 0 Å². The minimum Gasteiger partial charge on any atom is -0.490 e. The van der Waals surface area contributed by atoms with Crippen molar-refractivity contribution in [2.75, 3.05) is 62.7 Å². The summed E-state index contributed by atoms with van der Waals surface area (Å²) in [4.78, 5) is 30.6.